The normalized spacial score (nSPS) is 43.6. The first-order chi connectivity index (χ1) is 8.53. The Labute approximate surface area is 108 Å². The van der Waals surface area contributed by atoms with Crippen LogP contribution in [0.4, 0.5) is 0 Å². The minimum atomic E-state index is -0.0581. The van der Waals surface area contributed by atoms with Gasteiger partial charge in [-0.1, -0.05) is 13.8 Å². The van der Waals surface area contributed by atoms with Crippen molar-refractivity contribution >= 4 is 11.8 Å². The van der Waals surface area contributed by atoms with Crippen molar-refractivity contribution in [2.24, 2.45) is 23.2 Å². The summed E-state index contributed by atoms with van der Waals surface area (Å²) in [5, 5.41) is 2.55. The molecule has 18 heavy (non-hydrogen) atoms. The summed E-state index contributed by atoms with van der Waals surface area (Å²) in [7, 11) is 0. The molecule has 3 aliphatic heterocycles. The molecule has 2 bridgehead atoms. The second kappa shape index (κ2) is 4.05. The first-order valence-corrected chi connectivity index (χ1v) is 7.09. The van der Waals surface area contributed by atoms with Crippen molar-refractivity contribution < 1.29 is 9.59 Å². The Morgan fingerprint density at radius 2 is 2.11 bits per heavy atom. The van der Waals surface area contributed by atoms with Gasteiger partial charge >= 0.3 is 0 Å². The van der Waals surface area contributed by atoms with Crippen LogP contribution in [0.25, 0.3) is 0 Å². The van der Waals surface area contributed by atoms with E-state index in [9.17, 15) is 9.59 Å². The number of amides is 2. The average Bonchev–Trinajstić information content (AvgIpc) is 2.67. The van der Waals surface area contributed by atoms with E-state index in [1.165, 1.54) is 0 Å². The molecule has 3 saturated heterocycles. The van der Waals surface area contributed by atoms with Crippen molar-refractivity contribution in [3.63, 3.8) is 0 Å². The van der Waals surface area contributed by atoms with Crippen LogP contribution in [0.3, 0.4) is 0 Å². The average molecular weight is 250 g/mol. The quantitative estimate of drug-likeness (QED) is 0.707. The maximum absolute atomic E-state index is 12.2. The molecule has 1 N–H and O–H groups in total. The summed E-state index contributed by atoms with van der Waals surface area (Å²) in [6, 6.07) is 0. The number of piperidine rings is 2. The number of nitrogens with one attached hydrogen (secondary N) is 1. The van der Waals surface area contributed by atoms with Gasteiger partial charge in [0.05, 0.1) is 0 Å². The molecule has 4 atom stereocenters. The van der Waals surface area contributed by atoms with Gasteiger partial charge in [0.15, 0.2) is 0 Å². The molecule has 2 amide bonds. The number of rotatable bonds is 1. The summed E-state index contributed by atoms with van der Waals surface area (Å²) >= 11 is 0. The molecule has 0 radical (unpaired) electrons. The summed E-state index contributed by atoms with van der Waals surface area (Å²) in [5.74, 6) is 0.776. The maximum Gasteiger partial charge on any atom is 0.230 e. The molecule has 100 valence electrons. The second-order valence-electron chi connectivity index (χ2n) is 6.58. The highest BCUT2D eigenvalue weighted by Gasteiger charge is 2.56. The lowest BCUT2D eigenvalue weighted by Crippen LogP contribution is -2.59. The Balaban J connectivity index is 1.99. The van der Waals surface area contributed by atoms with Gasteiger partial charge in [0.1, 0.15) is 0 Å². The smallest absolute Gasteiger partial charge is 0.230 e. The van der Waals surface area contributed by atoms with Crippen LogP contribution in [0.15, 0.2) is 0 Å². The van der Waals surface area contributed by atoms with E-state index >= 15 is 0 Å². The molecule has 4 nitrogen and oxygen atoms in total. The van der Waals surface area contributed by atoms with Crippen LogP contribution in [0, 0.1) is 23.2 Å². The topological polar surface area (TPSA) is 49.4 Å². The van der Waals surface area contributed by atoms with E-state index < -0.39 is 0 Å². The molecule has 3 fully saturated rings. The molecule has 3 rings (SSSR count). The largest absolute Gasteiger partial charge is 0.303 e. The van der Waals surface area contributed by atoms with Crippen LogP contribution in [0.2, 0.25) is 0 Å². The lowest BCUT2D eigenvalue weighted by molar-refractivity contribution is -0.151. The van der Waals surface area contributed by atoms with Crippen molar-refractivity contribution in [3.05, 3.63) is 0 Å². The molecule has 1 spiro atoms. The van der Waals surface area contributed by atoms with Crippen LogP contribution < -0.4 is 5.32 Å². The van der Waals surface area contributed by atoms with Gasteiger partial charge in [-0.05, 0) is 43.2 Å². The summed E-state index contributed by atoms with van der Waals surface area (Å²) in [6.07, 6.45) is 2.73. The standard InChI is InChI=1S/C14H22N2O2/c1-9(2)12-13(18)15-11(17)7-14(12)4-6-16-5-3-10(14)8-16/h9-10,12H,3-8H2,1-2H3,(H,15,17,18). The van der Waals surface area contributed by atoms with Gasteiger partial charge in [-0.15, -0.1) is 0 Å². The van der Waals surface area contributed by atoms with E-state index in [1.807, 2.05) is 0 Å². The van der Waals surface area contributed by atoms with Crippen molar-refractivity contribution in [2.45, 2.75) is 33.1 Å². The van der Waals surface area contributed by atoms with E-state index in [0.29, 0.717) is 18.3 Å². The highest BCUT2D eigenvalue weighted by molar-refractivity contribution is 6.00. The van der Waals surface area contributed by atoms with Gasteiger partial charge in [-0.3, -0.25) is 14.9 Å². The Bertz CT molecular complexity index is 393. The molecule has 0 aromatic heterocycles. The molecule has 0 saturated carbocycles. The van der Waals surface area contributed by atoms with Crippen molar-refractivity contribution in [1.82, 2.24) is 10.2 Å². The summed E-state index contributed by atoms with van der Waals surface area (Å²) in [5.41, 5.74) is -0.0550. The molecular weight excluding hydrogens is 228 g/mol. The second-order valence-corrected chi connectivity index (χ2v) is 6.58. The van der Waals surface area contributed by atoms with Gasteiger partial charge in [0.25, 0.3) is 0 Å². The minimum Gasteiger partial charge on any atom is -0.303 e. The van der Waals surface area contributed by atoms with Crippen LogP contribution in [-0.2, 0) is 9.59 Å². The molecule has 3 aliphatic rings. The van der Waals surface area contributed by atoms with Gasteiger partial charge in [0, 0.05) is 18.9 Å². The predicted octanol–water partition coefficient (Wildman–Crippen LogP) is 1.02. The number of nitrogens with zero attached hydrogens (tertiary/aromatic N) is 1. The third-order valence-corrected chi connectivity index (χ3v) is 5.30. The number of imide groups is 1. The Kier molecular flexibility index (Phi) is 2.73. The first kappa shape index (κ1) is 12.2. The molecule has 4 heteroatoms. The van der Waals surface area contributed by atoms with Gasteiger partial charge in [-0.2, -0.15) is 0 Å². The van der Waals surface area contributed by atoms with Crippen molar-refractivity contribution in [1.29, 1.82) is 0 Å². The number of carbonyl (C=O) groups is 2. The van der Waals surface area contributed by atoms with E-state index in [2.05, 4.69) is 24.1 Å². The third kappa shape index (κ3) is 1.62. The Hall–Kier alpha value is -0.900. The molecule has 0 aliphatic carbocycles. The zero-order chi connectivity index (χ0) is 12.9. The van der Waals surface area contributed by atoms with Crippen molar-refractivity contribution in [3.8, 4) is 0 Å². The number of carbonyl (C=O) groups excluding carboxylic acids is 2. The third-order valence-electron chi connectivity index (χ3n) is 5.30. The zero-order valence-electron chi connectivity index (χ0n) is 11.2. The molecule has 4 unspecified atom stereocenters. The molecule has 3 heterocycles. The number of hydrogen-bond acceptors (Lipinski definition) is 3. The van der Waals surface area contributed by atoms with Crippen LogP contribution >= 0.6 is 0 Å². The van der Waals surface area contributed by atoms with E-state index in [4.69, 9.17) is 0 Å². The van der Waals surface area contributed by atoms with E-state index in [1.54, 1.807) is 0 Å². The summed E-state index contributed by atoms with van der Waals surface area (Å²) in [4.78, 5) is 26.6. The highest BCUT2D eigenvalue weighted by atomic mass is 16.2. The van der Waals surface area contributed by atoms with E-state index in [0.717, 1.165) is 32.5 Å². The molecular formula is C14H22N2O2. The van der Waals surface area contributed by atoms with Crippen molar-refractivity contribution in [2.75, 3.05) is 19.6 Å². The summed E-state index contributed by atoms with van der Waals surface area (Å²) in [6.45, 7) is 7.52. The fourth-order valence-electron chi connectivity index (χ4n) is 4.61. The predicted molar refractivity (Wildman–Crippen MR) is 67.7 cm³/mol. The fraction of sp³-hybridized carbons (Fsp3) is 0.857. The number of fused-ring (bicyclic) bond motifs is 3. The van der Waals surface area contributed by atoms with Gasteiger partial charge in [-0.25, -0.2) is 0 Å². The lowest BCUT2D eigenvalue weighted by atomic mass is 9.56. The lowest BCUT2D eigenvalue weighted by Gasteiger charge is -2.50. The highest BCUT2D eigenvalue weighted by Crippen LogP contribution is 2.53. The van der Waals surface area contributed by atoms with Crippen LogP contribution in [0.5, 0.6) is 0 Å². The van der Waals surface area contributed by atoms with Gasteiger partial charge in [0.2, 0.25) is 11.8 Å². The monoisotopic (exact) mass is 250 g/mol. The van der Waals surface area contributed by atoms with E-state index in [-0.39, 0.29) is 23.1 Å². The Morgan fingerprint density at radius 3 is 2.83 bits per heavy atom. The number of hydrogen-bond donors (Lipinski definition) is 1. The minimum absolute atomic E-state index is 0.0143. The zero-order valence-corrected chi connectivity index (χ0v) is 11.2. The SMILES string of the molecule is CC(C)C1C(=O)NC(=O)CC12CCN1CCC2C1. The van der Waals surface area contributed by atoms with Crippen LogP contribution in [-0.4, -0.2) is 36.3 Å². The van der Waals surface area contributed by atoms with Crippen LogP contribution in [0.1, 0.15) is 33.1 Å². The van der Waals surface area contributed by atoms with Gasteiger partial charge < -0.3 is 4.90 Å². The summed E-state index contributed by atoms with van der Waals surface area (Å²) < 4.78 is 0. The molecule has 0 aromatic rings. The first-order valence-electron chi connectivity index (χ1n) is 7.09. The fourth-order valence-corrected chi connectivity index (χ4v) is 4.61. The maximum atomic E-state index is 12.2. The Morgan fingerprint density at radius 1 is 1.33 bits per heavy atom. The molecule has 0 aromatic carbocycles.